The SMILES string of the molecule is CCOc1ccc(C2CCCN2C(=O)CC(C)(C)C(=O)O)cc1. The topological polar surface area (TPSA) is 66.8 Å². The first-order valence-electron chi connectivity index (χ1n) is 8.11. The molecule has 0 saturated carbocycles. The molecule has 0 aliphatic carbocycles. The Kier molecular flexibility index (Phi) is 5.29. The monoisotopic (exact) mass is 319 g/mol. The fraction of sp³-hybridized carbons (Fsp3) is 0.556. The molecule has 1 aliphatic heterocycles. The van der Waals surface area contributed by atoms with E-state index in [2.05, 4.69) is 0 Å². The van der Waals surface area contributed by atoms with Crippen molar-refractivity contribution in [2.24, 2.45) is 5.41 Å². The van der Waals surface area contributed by atoms with E-state index in [1.807, 2.05) is 36.1 Å². The molecule has 1 heterocycles. The highest BCUT2D eigenvalue weighted by molar-refractivity contribution is 5.84. The molecule has 1 amide bonds. The number of aliphatic carboxylic acids is 1. The molecular weight excluding hydrogens is 294 g/mol. The number of likely N-dealkylation sites (tertiary alicyclic amines) is 1. The number of amides is 1. The summed E-state index contributed by atoms with van der Waals surface area (Å²) in [4.78, 5) is 25.6. The first-order valence-corrected chi connectivity index (χ1v) is 8.11. The summed E-state index contributed by atoms with van der Waals surface area (Å²) in [6.07, 6.45) is 1.88. The second kappa shape index (κ2) is 7.02. The van der Waals surface area contributed by atoms with Gasteiger partial charge < -0.3 is 14.7 Å². The van der Waals surface area contributed by atoms with E-state index < -0.39 is 11.4 Å². The molecule has 1 atom stereocenters. The van der Waals surface area contributed by atoms with E-state index in [0.717, 1.165) is 24.2 Å². The number of carbonyl (C=O) groups is 2. The van der Waals surface area contributed by atoms with Crippen LogP contribution in [0.1, 0.15) is 51.6 Å². The molecule has 1 aromatic rings. The van der Waals surface area contributed by atoms with Crippen LogP contribution in [0.5, 0.6) is 5.75 Å². The van der Waals surface area contributed by atoms with Gasteiger partial charge in [0.1, 0.15) is 5.75 Å². The molecule has 1 N–H and O–H groups in total. The number of ether oxygens (including phenoxy) is 1. The third-order valence-corrected chi connectivity index (χ3v) is 4.32. The van der Waals surface area contributed by atoms with E-state index in [1.165, 1.54) is 0 Å². The summed E-state index contributed by atoms with van der Waals surface area (Å²) in [5.41, 5.74) is 0.0377. The van der Waals surface area contributed by atoms with E-state index in [1.54, 1.807) is 13.8 Å². The molecule has 5 heteroatoms. The van der Waals surface area contributed by atoms with Crippen molar-refractivity contribution in [2.75, 3.05) is 13.2 Å². The van der Waals surface area contributed by atoms with Crippen molar-refractivity contribution in [2.45, 2.75) is 46.1 Å². The predicted octanol–water partition coefficient (Wildman–Crippen LogP) is 3.25. The Balaban J connectivity index is 2.10. The van der Waals surface area contributed by atoms with Crippen LogP contribution >= 0.6 is 0 Å². The lowest BCUT2D eigenvalue weighted by Crippen LogP contribution is -2.36. The second-order valence-corrected chi connectivity index (χ2v) is 6.61. The summed E-state index contributed by atoms with van der Waals surface area (Å²) in [7, 11) is 0. The first kappa shape index (κ1) is 17.3. The Bertz CT molecular complexity index is 565. The highest BCUT2D eigenvalue weighted by atomic mass is 16.5. The van der Waals surface area contributed by atoms with Crippen molar-refractivity contribution in [1.29, 1.82) is 0 Å². The number of carboxylic acid groups (broad SMARTS) is 1. The van der Waals surface area contributed by atoms with Crippen LogP contribution in [0.4, 0.5) is 0 Å². The van der Waals surface area contributed by atoms with E-state index >= 15 is 0 Å². The lowest BCUT2D eigenvalue weighted by molar-refractivity contribution is -0.151. The van der Waals surface area contributed by atoms with Crippen LogP contribution in [-0.4, -0.2) is 35.0 Å². The maximum Gasteiger partial charge on any atom is 0.309 e. The van der Waals surface area contributed by atoms with Gasteiger partial charge in [0.15, 0.2) is 0 Å². The largest absolute Gasteiger partial charge is 0.494 e. The van der Waals surface area contributed by atoms with Gasteiger partial charge in [-0.1, -0.05) is 12.1 Å². The smallest absolute Gasteiger partial charge is 0.309 e. The van der Waals surface area contributed by atoms with Crippen molar-refractivity contribution in [3.05, 3.63) is 29.8 Å². The molecule has 0 bridgehead atoms. The van der Waals surface area contributed by atoms with Gasteiger partial charge in [-0.25, -0.2) is 0 Å². The minimum absolute atomic E-state index is 0.0237. The molecule has 1 saturated heterocycles. The van der Waals surface area contributed by atoms with Crippen molar-refractivity contribution in [3.63, 3.8) is 0 Å². The molecule has 1 aliphatic rings. The van der Waals surface area contributed by atoms with Gasteiger partial charge in [0, 0.05) is 13.0 Å². The van der Waals surface area contributed by atoms with Gasteiger partial charge >= 0.3 is 5.97 Å². The summed E-state index contributed by atoms with van der Waals surface area (Å²) >= 11 is 0. The van der Waals surface area contributed by atoms with Crippen LogP contribution in [0, 0.1) is 5.41 Å². The highest BCUT2D eigenvalue weighted by Gasteiger charge is 2.36. The molecule has 5 nitrogen and oxygen atoms in total. The van der Waals surface area contributed by atoms with E-state index in [4.69, 9.17) is 4.74 Å². The Morgan fingerprint density at radius 1 is 1.30 bits per heavy atom. The molecule has 0 aromatic heterocycles. The number of hydrogen-bond donors (Lipinski definition) is 1. The van der Waals surface area contributed by atoms with Crippen LogP contribution in [0.15, 0.2) is 24.3 Å². The number of carboxylic acids is 1. The van der Waals surface area contributed by atoms with Crippen LogP contribution in [-0.2, 0) is 9.59 Å². The van der Waals surface area contributed by atoms with Crippen LogP contribution in [0.3, 0.4) is 0 Å². The molecular formula is C18H25NO4. The van der Waals surface area contributed by atoms with Gasteiger partial charge in [-0.15, -0.1) is 0 Å². The van der Waals surface area contributed by atoms with Crippen LogP contribution in [0.25, 0.3) is 0 Å². The quantitative estimate of drug-likeness (QED) is 0.874. The Labute approximate surface area is 137 Å². The second-order valence-electron chi connectivity index (χ2n) is 6.61. The Hall–Kier alpha value is -2.04. The molecule has 2 rings (SSSR count). The molecule has 126 valence electrons. The predicted molar refractivity (Wildman–Crippen MR) is 87.3 cm³/mol. The zero-order valence-corrected chi connectivity index (χ0v) is 14.0. The average molecular weight is 319 g/mol. The zero-order chi connectivity index (χ0) is 17.0. The van der Waals surface area contributed by atoms with Crippen molar-refractivity contribution in [3.8, 4) is 5.75 Å². The van der Waals surface area contributed by atoms with Gasteiger partial charge in [-0.3, -0.25) is 9.59 Å². The lowest BCUT2D eigenvalue weighted by atomic mass is 9.88. The van der Waals surface area contributed by atoms with E-state index in [0.29, 0.717) is 13.2 Å². The van der Waals surface area contributed by atoms with Gasteiger partial charge in [-0.2, -0.15) is 0 Å². The van der Waals surface area contributed by atoms with E-state index in [9.17, 15) is 14.7 Å². The molecule has 0 spiro atoms. The lowest BCUT2D eigenvalue weighted by Gasteiger charge is -2.28. The zero-order valence-electron chi connectivity index (χ0n) is 14.0. The normalized spacial score (nSPS) is 18.0. The van der Waals surface area contributed by atoms with Crippen molar-refractivity contribution >= 4 is 11.9 Å². The molecule has 0 radical (unpaired) electrons. The summed E-state index contributed by atoms with van der Waals surface area (Å²) < 4.78 is 5.44. The van der Waals surface area contributed by atoms with Crippen molar-refractivity contribution in [1.82, 2.24) is 4.90 Å². The third kappa shape index (κ3) is 4.03. The number of nitrogens with zero attached hydrogens (tertiary/aromatic N) is 1. The fourth-order valence-corrected chi connectivity index (χ4v) is 2.92. The summed E-state index contributed by atoms with van der Waals surface area (Å²) in [6, 6.07) is 7.85. The summed E-state index contributed by atoms with van der Waals surface area (Å²) in [5, 5.41) is 9.21. The van der Waals surface area contributed by atoms with Gasteiger partial charge in [0.25, 0.3) is 0 Å². The Morgan fingerprint density at radius 2 is 1.96 bits per heavy atom. The van der Waals surface area contributed by atoms with Gasteiger partial charge in [-0.05, 0) is 51.3 Å². The molecule has 1 aromatic carbocycles. The number of rotatable bonds is 6. The molecule has 23 heavy (non-hydrogen) atoms. The minimum Gasteiger partial charge on any atom is -0.494 e. The number of carbonyl (C=O) groups excluding carboxylic acids is 1. The number of benzene rings is 1. The minimum atomic E-state index is -1.04. The Morgan fingerprint density at radius 3 is 2.52 bits per heavy atom. The van der Waals surface area contributed by atoms with Gasteiger partial charge in [0.2, 0.25) is 5.91 Å². The number of hydrogen-bond acceptors (Lipinski definition) is 3. The first-order chi connectivity index (χ1) is 10.8. The summed E-state index contributed by atoms with van der Waals surface area (Å²) in [6.45, 7) is 6.43. The average Bonchev–Trinajstić information content (AvgIpc) is 2.97. The molecule has 1 unspecified atom stereocenters. The fourth-order valence-electron chi connectivity index (χ4n) is 2.92. The molecule has 1 fully saturated rings. The van der Waals surface area contributed by atoms with Crippen LogP contribution in [0.2, 0.25) is 0 Å². The maximum absolute atomic E-state index is 12.6. The maximum atomic E-state index is 12.6. The van der Waals surface area contributed by atoms with E-state index in [-0.39, 0.29) is 18.4 Å². The highest BCUT2D eigenvalue weighted by Crippen LogP contribution is 2.35. The third-order valence-electron chi connectivity index (χ3n) is 4.32. The summed E-state index contributed by atoms with van der Waals surface area (Å²) in [5.74, 6) is -0.212. The van der Waals surface area contributed by atoms with Crippen LogP contribution < -0.4 is 4.74 Å². The van der Waals surface area contributed by atoms with Crippen molar-refractivity contribution < 1.29 is 19.4 Å². The standard InChI is InChI=1S/C18H25NO4/c1-4-23-14-9-7-13(8-10-14)15-6-5-11-19(15)16(20)12-18(2,3)17(21)22/h7-10,15H,4-6,11-12H2,1-3H3,(H,21,22). The van der Waals surface area contributed by atoms with Gasteiger partial charge in [0.05, 0.1) is 18.1 Å².